The van der Waals surface area contributed by atoms with Crippen molar-refractivity contribution >= 4 is 68.8 Å². The quantitative estimate of drug-likeness (QED) is 0.248. The number of hydrogen-bond donors (Lipinski definition) is 0. The molecule has 1 amide bonds. The van der Waals surface area contributed by atoms with Gasteiger partial charge in [-0.2, -0.15) is 0 Å². The molecule has 0 spiro atoms. The zero-order chi connectivity index (χ0) is 23.3. The van der Waals surface area contributed by atoms with Crippen molar-refractivity contribution in [2.24, 2.45) is 10.9 Å². The molecule has 2 aromatic rings. The number of rotatable bonds is 8. The Balaban J connectivity index is 1.98. The van der Waals surface area contributed by atoms with Gasteiger partial charge in [-0.05, 0) is 102 Å². The van der Waals surface area contributed by atoms with Gasteiger partial charge in [0.2, 0.25) is 0 Å². The molecule has 0 radical (unpaired) electrons. The third kappa shape index (κ3) is 6.20. The average Bonchev–Trinajstić information content (AvgIpc) is 3.01. The second-order valence-electron chi connectivity index (χ2n) is 7.49. The molecule has 0 aliphatic carbocycles. The lowest BCUT2D eigenvalue weighted by atomic mass is 10.1. The Labute approximate surface area is 212 Å². The van der Waals surface area contributed by atoms with Gasteiger partial charge in [-0.3, -0.25) is 9.69 Å². The lowest BCUT2D eigenvalue weighted by Crippen LogP contribution is -2.32. The summed E-state index contributed by atoms with van der Waals surface area (Å²) in [4.78, 5) is 20.3. The summed E-state index contributed by atoms with van der Waals surface area (Å²) in [6.45, 7) is 9.74. The highest BCUT2D eigenvalue weighted by molar-refractivity contribution is 14.1. The minimum absolute atomic E-state index is 0.0433. The van der Waals surface area contributed by atoms with Crippen molar-refractivity contribution in [1.29, 1.82) is 0 Å². The van der Waals surface area contributed by atoms with Crippen LogP contribution in [0.2, 0.25) is 5.02 Å². The molecule has 1 aliphatic rings. The Bertz CT molecular complexity index is 1040. The second-order valence-corrected chi connectivity index (χ2v) is 10.1. The first kappa shape index (κ1) is 24.9. The van der Waals surface area contributed by atoms with Gasteiger partial charge in [-0.1, -0.05) is 25.4 Å². The highest BCUT2D eigenvalue weighted by Crippen LogP contribution is 2.38. The molecule has 1 heterocycles. The van der Waals surface area contributed by atoms with Crippen LogP contribution in [0.25, 0.3) is 6.08 Å². The van der Waals surface area contributed by atoms with Crippen LogP contribution in [0.3, 0.4) is 0 Å². The average molecular weight is 585 g/mol. The van der Waals surface area contributed by atoms with Gasteiger partial charge >= 0.3 is 0 Å². The summed E-state index contributed by atoms with van der Waals surface area (Å²) in [5, 5.41) is 1.32. The van der Waals surface area contributed by atoms with Crippen LogP contribution in [-0.2, 0) is 4.79 Å². The molecule has 0 N–H and O–H groups in total. The van der Waals surface area contributed by atoms with Crippen molar-refractivity contribution in [3.63, 3.8) is 0 Å². The Morgan fingerprint density at radius 2 is 1.84 bits per heavy atom. The minimum Gasteiger partial charge on any atom is -0.490 e. The van der Waals surface area contributed by atoms with Gasteiger partial charge < -0.3 is 9.47 Å². The normalized spacial score (nSPS) is 16.5. The van der Waals surface area contributed by atoms with Crippen LogP contribution >= 0.6 is 46.0 Å². The van der Waals surface area contributed by atoms with E-state index in [2.05, 4.69) is 36.4 Å². The van der Waals surface area contributed by atoms with Gasteiger partial charge in [0.25, 0.3) is 5.91 Å². The molecule has 1 aliphatic heterocycles. The summed E-state index contributed by atoms with van der Waals surface area (Å²) in [5.41, 5.74) is 1.64. The SMILES string of the molecule is CCOc1cc(/C=C2\SC(=Nc3ccc(Cl)cc3)N(CC(C)C)C2=O)cc(I)c1OCC. The molecule has 5 nitrogen and oxygen atoms in total. The zero-order valence-electron chi connectivity index (χ0n) is 18.5. The molecule has 0 unspecified atom stereocenters. The van der Waals surface area contributed by atoms with Gasteiger partial charge in [-0.15, -0.1) is 0 Å². The fourth-order valence-electron chi connectivity index (χ4n) is 3.11. The summed E-state index contributed by atoms with van der Waals surface area (Å²) >= 11 is 9.61. The van der Waals surface area contributed by atoms with E-state index < -0.39 is 0 Å². The third-order valence-corrected chi connectivity index (χ3v) is 6.47. The van der Waals surface area contributed by atoms with Crippen molar-refractivity contribution < 1.29 is 14.3 Å². The molecule has 0 saturated carbocycles. The summed E-state index contributed by atoms with van der Waals surface area (Å²) in [6, 6.07) is 11.2. The first-order chi connectivity index (χ1) is 15.3. The molecule has 1 saturated heterocycles. The number of halogens is 2. The Morgan fingerprint density at radius 3 is 2.47 bits per heavy atom. The van der Waals surface area contributed by atoms with E-state index in [1.54, 1.807) is 17.0 Å². The van der Waals surface area contributed by atoms with E-state index in [1.807, 2.05) is 44.2 Å². The maximum Gasteiger partial charge on any atom is 0.266 e. The van der Waals surface area contributed by atoms with E-state index in [-0.39, 0.29) is 5.91 Å². The number of aliphatic imine (C=N–C) groups is 1. The Morgan fingerprint density at radius 1 is 1.16 bits per heavy atom. The molecule has 2 aromatic carbocycles. The first-order valence-electron chi connectivity index (χ1n) is 10.5. The number of thioether (sulfide) groups is 1. The van der Waals surface area contributed by atoms with Crippen molar-refractivity contribution in [2.75, 3.05) is 19.8 Å². The van der Waals surface area contributed by atoms with E-state index in [1.165, 1.54) is 11.8 Å². The molecular weight excluding hydrogens is 559 g/mol. The number of amidine groups is 1. The number of carbonyl (C=O) groups is 1. The van der Waals surface area contributed by atoms with Gasteiger partial charge in [0.05, 0.1) is 27.4 Å². The fourth-order valence-corrected chi connectivity index (χ4v) is 5.03. The molecule has 3 rings (SSSR count). The fraction of sp³-hybridized carbons (Fsp3) is 0.333. The van der Waals surface area contributed by atoms with Crippen LogP contribution in [0.4, 0.5) is 5.69 Å². The first-order valence-corrected chi connectivity index (χ1v) is 12.7. The molecule has 0 aromatic heterocycles. The topological polar surface area (TPSA) is 51.1 Å². The van der Waals surface area contributed by atoms with Gasteiger partial charge in [0.1, 0.15) is 0 Å². The lowest BCUT2D eigenvalue weighted by Gasteiger charge is -2.17. The van der Waals surface area contributed by atoms with E-state index in [4.69, 9.17) is 26.1 Å². The summed E-state index contributed by atoms with van der Waals surface area (Å²) < 4.78 is 12.5. The van der Waals surface area contributed by atoms with Crippen LogP contribution in [0.5, 0.6) is 11.5 Å². The van der Waals surface area contributed by atoms with E-state index in [0.29, 0.717) is 46.5 Å². The molecule has 32 heavy (non-hydrogen) atoms. The van der Waals surface area contributed by atoms with Gasteiger partial charge in [0.15, 0.2) is 16.7 Å². The second kappa shape index (κ2) is 11.4. The lowest BCUT2D eigenvalue weighted by molar-refractivity contribution is -0.122. The van der Waals surface area contributed by atoms with Crippen LogP contribution in [-0.4, -0.2) is 35.7 Å². The molecule has 0 atom stereocenters. The minimum atomic E-state index is -0.0433. The van der Waals surface area contributed by atoms with E-state index in [9.17, 15) is 4.79 Å². The summed E-state index contributed by atoms with van der Waals surface area (Å²) in [7, 11) is 0. The summed E-state index contributed by atoms with van der Waals surface area (Å²) in [5.74, 6) is 1.68. The van der Waals surface area contributed by atoms with Crippen LogP contribution in [0.1, 0.15) is 33.3 Å². The van der Waals surface area contributed by atoms with Gasteiger partial charge in [0, 0.05) is 11.6 Å². The third-order valence-electron chi connectivity index (χ3n) is 4.41. The maximum atomic E-state index is 13.2. The van der Waals surface area contributed by atoms with E-state index in [0.717, 1.165) is 20.6 Å². The number of amides is 1. The zero-order valence-corrected chi connectivity index (χ0v) is 22.3. The van der Waals surface area contributed by atoms with Gasteiger partial charge in [-0.25, -0.2) is 4.99 Å². The van der Waals surface area contributed by atoms with Crippen molar-refractivity contribution in [2.45, 2.75) is 27.7 Å². The predicted octanol–water partition coefficient (Wildman–Crippen LogP) is 7.00. The highest BCUT2D eigenvalue weighted by Gasteiger charge is 2.33. The van der Waals surface area contributed by atoms with Crippen LogP contribution < -0.4 is 9.47 Å². The van der Waals surface area contributed by atoms with Crippen molar-refractivity contribution in [3.05, 3.63) is 55.5 Å². The molecular formula is C24H26ClIN2O3S. The highest BCUT2D eigenvalue weighted by atomic mass is 127. The number of benzene rings is 2. The summed E-state index contributed by atoms with van der Waals surface area (Å²) in [6.07, 6.45) is 1.89. The van der Waals surface area contributed by atoms with Crippen molar-refractivity contribution in [3.8, 4) is 11.5 Å². The van der Waals surface area contributed by atoms with Crippen LogP contribution in [0.15, 0.2) is 46.3 Å². The number of carbonyl (C=O) groups excluding carboxylic acids is 1. The molecule has 8 heteroatoms. The number of hydrogen-bond acceptors (Lipinski definition) is 5. The van der Waals surface area contributed by atoms with Crippen molar-refractivity contribution in [1.82, 2.24) is 4.90 Å². The molecule has 170 valence electrons. The number of nitrogens with zero attached hydrogens (tertiary/aromatic N) is 2. The van der Waals surface area contributed by atoms with E-state index >= 15 is 0 Å². The Hall–Kier alpha value is -1.71. The smallest absolute Gasteiger partial charge is 0.266 e. The predicted molar refractivity (Wildman–Crippen MR) is 142 cm³/mol. The monoisotopic (exact) mass is 584 g/mol. The molecule has 1 fully saturated rings. The number of ether oxygens (including phenoxy) is 2. The molecule has 0 bridgehead atoms. The Kier molecular flexibility index (Phi) is 8.90. The standard InChI is InChI=1S/C24H26ClIN2O3S/c1-5-30-20-12-16(11-19(26)22(20)31-6-2)13-21-23(29)28(14-15(3)4)24(32-21)27-18-9-7-17(25)8-10-18/h7-13,15H,5-6,14H2,1-4H3/b21-13-,27-24?. The van der Waals surface area contributed by atoms with Crippen LogP contribution in [0, 0.1) is 9.49 Å². The maximum absolute atomic E-state index is 13.2. The largest absolute Gasteiger partial charge is 0.490 e.